The molecule has 0 atom stereocenters. The normalized spacial score (nSPS) is 13.9. The average molecular weight is 409 g/mol. The number of rotatable bonds is 4. The molecule has 3 heterocycles. The lowest BCUT2D eigenvalue weighted by Crippen LogP contribution is -2.46. The summed E-state index contributed by atoms with van der Waals surface area (Å²) in [5, 5.41) is 7.62. The number of carbonyl (C=O) groups is 1. The van der Waals surface area contributed by atoms with Crippen LogP contribution in [0.5, 0.6) is 0 Å². The molecule has 1 aliphatic rings. The van der Waals surface area contributed by atoms with Crippen molar-refractivity contribution in [2.45, 2.75) is 0 Å². The van der Waals surface area contributed by atoms with Crippen molar-refractivity contribution in [1.29, 1.82) is 0 Å². The van der Waals surface area contributed by atoms with E-state index in [1.165, 1.54) is 0 Å². The molecule has 1 aliphatic heterocycles. The Morgan fingerprint density at radius 1 is 0.935 bits per heavy atom. The maximum absolute atomic E-state index is 13.0. The molecule has 0 saturated carbocycles. The molecule has 5 rings (SSSR count). The summed E-state index contributed by atoms with van der Waals surface area (Å²) in [6, 6.07) is 23.8. The van der Waals surface area contributed by atoms with Gasteiger partial charge in [0, 0.05) is 48.9 Å². The summed E-state index contributed by atoms with van der Waals surface area (Å²) in [5.41, 5.74) is 3.49. The molecule has 2 aromatic heterocycles. The van der Waals surface area contributed by atoms with Gasteiger partial charge in [-0.25, -0.2) is 9.97 Å². The molecule has 0 bridgehead atoms. The summed E-state index contributed by atoms with van der Waals surface area (Å²) in [7, 11) is 0. The SMILES string of the molecule is O=C(c1ccc2cc(-c3ccccc3)c(Nc3ccccn3)nc2c1)N1CCNCC1. The van der Waals surface area contributed by atoms with Crippen molar-refractivity contribution in [3.8, 4) is 11.1 Å². The number of nitrogens with zero attached hydrogens (tertiary/aromatic N) is 3. The highest BCUT2D eigenvalue weighted by atomic mass is 16.2. The molecule has 1 fully saturated rings. The number of anilines is 2. The predicted octanol–water partition coefficient (Wildman–Crippen LogP) is 4.09. The maximum atomic E-state index is 13.0. The van der Waals surface area contributed by atoms with Gasteiger partial charge < -0.3 is 15.5 Å². The molecule has 0 radical (unpaired) electrons. The first-order valence-electron chi connectivity index (χ1n) is 10.5. The lowest BCUT2D eigenvalue weighted by molar-refractivity contribution is 0.0736. The summed E-state index contributed by atoms with van der Waals surface area (Å²) in [6.45, 7) is 3.11. The van der Waals surface area contributed by atoms with Crippen molar-refractivity contribution in [3.63, 3.8) is 0 Å². The summed E-state index contributed by atoms with van der Waals surface area (Å²) in [6.07, 6.45) is 1.75. The van der Waals surface area contributed by atoms with Crippen molar-refractivity contribution in [1.82, 2.24) is 20.2 Å². The summed E-state index contributed by atoms with van der Waals surface area (Å²) in [5.74, 6) is 1.49. The van der Waals surface area contributed by atoms with Crippen LogP contribution < -0.4 is 10.6 Å². The largest absolute Gasteiger partial charge is 0.336 e. The zero-order valence-corrected chi connectivity index (χ0v) is 17.1. The molecule has 2 N–H and O–H groups in total. The Labute approximate surface area is 181 Å². The first kappa shape index (κ1) is 19.2. The first-order valence-corrected chi connectivity index (χ1v) is 10.5. The number of aromatic nitrogens is 2. The van der Waals surface area contributed by atoms with E-state index in [2.05, 4.69) is 33.8 Å². The molecule has 31 heavy (non-hydrogen) atoms. The molecule has 1 amide bonds. The Balaban J connectivity index is 1.58. The third kappa shape index (κ3) is 4.11. The molecule has 0 unspecified atom stereocenters. The zero-order valence-electron chi connectivity index (χ0n) is 17.1. The number of amides is 1. The number of hydrogen-bond donors (Lipinski definition) is 2. The summed E-state index contributed by atoms with van der Waals surface area (Å²) < 4.78 is 0. The van der Waals surface area contributed by atoms with Crippen molar-refractivity contribution < 1.29 is 4.79 Å². The second-order valence-electron chi connectivity index (χ2n) is 7.54. The number of pyridine rings is 2. The van der Waals surface area contributed by atoms with Gasteiger partial charge in [0.1, 0.15) is 11.6 Å². The van der Waals surface area contributed by atoms with Gasteiger partial charge >= 0.3 is 0 Å². The predicted molar refractivity (Wildman–Crippen MR) is 123 cm³/mol. The van der Waals surface area contributed by atoms with E-state index >= 15 is 0 Å². The van der Waals surface area contributed by atoms with Gasteiger partial charge in [-0.15, -0.1) is 0 Å². The Morgan fingerprint density at radius 2 is 1.74 bits per heavy atom. The number of nitrogens with one attached hydrogen (secondary N) is 2. The van der Waals surface area contributed by atoms with Crippen molar-refractivity contribution >= 4 is 28.4 Å². The van der Waals surface area contributed by atoms with Gasteiger partial charge in [0.05, 0.1) is 5.52 Å². The molecule has 6 nitrogen and oxygen atoms in total. The lowest BCUT2D eigenvalue weighted by Gasteiger charge is -2.27. The Bertz CT molecular complexity index is 1200. The Hall–Kier alpha value is -3.77. The van der Waals surface area contributed by atoms with E-state index in [9.17, 15) is 4.79 Å². The third-order valence-corrected chi connectivity index (χ3v) is 5.46. The molecular weight excluding hydrogens is 386 g/mol. The van der Waals surface area contributed by atoms with Crippen LogP contribution in [-0.4, -0.2) is 47.0 Å². The minimum atomic E-state index is 0.0524. The van der Waals surface area contributed by atoms with Crippen LogP contribution in [0, 0.1) is 0 Å². The van der Waals surface area contributed by atoms with Gasteiger partial charge in [-0.3, -0.25) is 4.79 Å². The summed E-state index contributed by atoms with van der Waals surface area (Å²) >= 11 is 0. The van der Waals surface area contributed by atoms with Gasteiger partial charge in [-0.05, 0) is 35.9 Å². The fraction of sp³-hybridized carbons (Fsp3) is 0.160. The molecule has 6 heteroatoms. The molecule has 1 saturated heterocycles. The highest BCUT2D eigenvalue weighted by Gasteiger charge is 2.19. The molecule has 154 valence electrons. The molecule has 4 aromatic rings. The monoisotopic (exact) mass is 409 g/mol. The van der Waals surface area contributed by atoms with Gasteiger partial charge in [-0.1, -0.05) is 42.5 Å². The second-order valence-corrected chi connectivity index (χ2v) is 7.54. The van der Waals surface area contributed by atoms with Crippen LogP contribution in [0.25, 0.3) is 22.0 Å². The quantitative estimate of drug-likeness (QED) is 0.531. The topological polar surface area (TPSA) is 70.2 Å². The molecule has 2 aromatic carbocycles. The highest BCUT2D eigenvalue weighted by Crippen LogP contribution is 2.32. The van der Waals surface area contributed by atoms with Crippen LogP contribution in [-0.2, 0) is 0 Å². The van der Waals surface area contributed by atoms with Crippen LogP contribution >= 0.6 is 0 Å². The zero-order chi connectivity index (χ0) is 21.0. The van der Waals surface area contributed by atoms with Crippen LogP contribution in [0.1, 0.15) is 10.4 Å². The standard InChI is InChI=1S/C25H23N5O/c31-25(30-14-12-26-13-15-30)20-10-9-19-16-21(18-6-2-1-3-7-18)24(28-22(19)17-20)29-23-8-4-5-11-27-23/h1-11,16-17,26H,12-15H2,(H,27,28,29). The van der Waals surface area contributed by atoms with E-state index in [-0.39, 0.29) is 5.91 Å². The fourth-order valence-corrected chi connectivity index (χ4v) is 3.84. The van der Waals surface area contributed by atoms with Crippen molar-refractivity contribution in [2.75, 3.05) is 31.5 Å². The van der Waals surface area contributed by atoms with Crippen molar-refractivity contribution in [2.24, 2.45) is 0 Å². The van der Waals surface area contributed by atoms with Gasteiger partial charge in [0.25, 0.3) is 5.91 Å². The van der Waals surface area contributed by atoms with Crippen molar-refractivity contribution in [3.05, 3.63) is 84.6 Å². The van der Waals surface area contributed by atoms with Crippen LogP contribution in [0.2, 0.25) is 0 Å². The number of hydrogen-bond acceptors (Lipinski definition) is 5. The Kier molecular flexibility index (Phi) is 5.29. The van der Waals surface area contributed by atoms with Gasteiger partial charge in [0.15, 0.2) is 0 Å². The summed E-state index contributed by atoms with van der Waals surface area (Å²) in [4.78, 5) is 24.1. The van der Waals surface area contributed by atoms with E-state index in [0.29, 0.717) is 11.4 Å². The van der Waals surface area contributed by atoms with E-state index in [1.54, 1.807) is 6.20 Å². The first-order chi connectivity index (χ1) is 15.3. The van der Waals surface area contributed by atoms with E-state index in [0.717, 1.165) is 54.0 Å². The number of piperazine rings is 1. The van der Waals surface area contributed by atoms with E-state index in [4.69, 9.17) is 4.98 Å². The third-order valence-electron chi connectivity index (χ3n) is 5.46. The number of fused-ring (bicyclic) bond motifs is 1. The van der Waals surface area contributed by atoms with Gasteiger partial charge in [-0.2, -0.15) is 0 Å². The smallest absolute Gasteiger partial charge is 0.254 e. The molecule has 0 spiro atoms. The highest BCUT2D eigenvalue weighted by molar-refractivity contribution is 5.99. The van der Waals surface area contributed by atoms with E-state index < -0.39 is 0 Å². The van der Waals surface area contributed by atoms with Crippen LogP contribution in [0.4, 0.5) is 11.6 Å². The molecular formula is C25H23N5O. The minimum Gasteiger partial charge on any atom is -0.336 e. The van der Waals surface area contributed by atoms with Crippen LogP contribution in [0.3, 0.4) is 0 Å². The minimum absolute atomic E-state index is 0.0524. The number of carbonyl (C=O) groups excluding carboxylic acids is 1. The Morgan fingerprint density at radius 3 is 2.52 bits per heavy atom. The second kappa shape index (κ2) is 8.53. The van der Waals surface area contributed by atoms with Crippen LogP contribution in [0.15, 0.2) is 79.0 Å². The fourth-order valence-electron chi connectivity index (χ4n) is 3.84. The average Bonchev–Trinajstić information content (AvgIpc) is 2.84. The molecule has 0 aliphatic carbocycles. The number of benzene rings is 2. The maximum Gasteiger partial charge on any atom is 0.254 e. The van der Waals surface area contributed by atoms with Gasteiger partial charge in [0.2, 0.25) is 0 Å². The van der Waals surface area contributed by atoms with E-state index in [1.807, 2.05) is 59.5 Å². The lowest BCUT2D eigenvalue weighted by atomic mass is 10.0.